The standard InChI is InChI=1S/C56H49N/c1-3-14-38(15-4-1)40-26-31-45(32-27-40)57(46-33-28-41(29-34-46)39-16-5-2-6-17-39)56-52-22-11-9-20-50(52)55(51-21-10-12-23-53(51)56)49-25-13-24-47-48(49)35-30-44-36-42-18-7-8-19-43(42)37-54(44)47/h7-13,18-39H,1-6,14-17H2. The molecular weight excluding hydrogens is 687 g/mol. The Kier molecular flexibility index (Phi) is 8.76. The first-order chi connectivity index (χ1) is 28.3. The molecule has 2 aliphatic carbocycles. The minimum Gasteiger partial charge on any atom is -0.309 e. The lowest BCUT2D eigenvalue weighted by atomic mass is 9.84. The first-order valence-electron chi connectivity index (χ1n) is 21.6. The molecule has 2 fully saturated rings. The second-order valence-corrected chi connectivity index (χ2v) is 16.9. The number of fused-ring (bicyclic) bond motifs is 6. The molecule has 0 atom stereocenters. The molecule has 9 aromatic rings. The van der Waals surface area contributed by atoms with E-state index in [1.54, 1.807) is 0 Å². The van der Waals surface area contributed by atoms with Crippen LogP contribution >= 0.6 is 0 Å². The third kappa shape index (κ3) is 6.07. The molecule has 0 amide bonds. The molecule has 0 saturated heterocycles. The van der Waals surface area contributed by atoms with E-state index in [1.807, 2.05) is 0 Å². The van der Waals surface area contributed by atoms with Crippen LogP contribution in [0, 0.1) is 0 Å². The molecule has 0 heterocycles. The Bertz CT molecular complexity index is 2790. The largest absolute Gasteiger partial charge is 0.309 e. The molecule has 0 unspecified atom stereocenters. The van der Waals surface area contributed by atoms with E-state index in [9.17, 15) is 0 Å². The van der Waals surface area contributed by atoms with E-state index < -0.39 is 0 Å². The van der Waals surface area contributed by atoms with Crippen molar-refractivity contribution in [2.45, 2.75) is 76.0 Å². The second-order valence-electron chi connectivity index (χ2n) is 16.9. The summed E-state index contributed by atoms with van der Waals surface area (Å²) >= 11 is 0. The maximum Gasteiger partial charge on any atom is 0.0618 e. The number of benzene rings is 9. The zero-order valence-electron chi connectivity index (χ0n) is 32.8. The quantitative estimate of drug-likeness (QED) is 0.121. The van der Waals surface area contributed by atoms with Crippen LogP contribution in [-0.4, -0.2) is 0 Å². The van der Waals surface area contributed by atoms with Crippen molar-refractivity contribution in [3.63, 3.8) is 0 Å². The highest BCUT2D eigenvalue weighted by Crippen LogP contribution is 2.50. The van der Waals surface area contributed by atoms with Gasteiger partial charge in [-0.1, -0.05) is 166 Å². The van der Waals surface area contributed by atoms with Crippen LogP contribution in [0.5, 0.6) is 0 Å². The number of hydrogen-bond acceptors (Lipinski definition) is 1. The highest BCUT2D eigenvalue weighted by Gasteiger charge is 2.24. The number of rotatable bonds is 6. The molecule has 9 aromatic carbocycles. The van der Waals surface area contributed by atoms with Crippen LogP contribution in [0.25, 0.3) is 65.0 Å². The van der Waals surface area contributed by atoms with Crippen molar-refractivity contribution in [1.82, 2.24) is 0 Å². The van der Waals surface area contributed by atoms with Gasteiger partial charge in [0.25, 0.3) is 0 Å². The van der Waals surface area contributed by atoms with E-state index in [4.69, 9.17) is 0 Å². The number of nitrogens with zero attached hydrogens (tertiary/aromatic N) is 1. The van der Waals surface area contributed by atoms with Gasteiger partial charge in [0.1, 0.15) is 0 Å². The molecule has 0 N–H and O–H groups in total. The van der Waals surface area contributed by atoms with Gasteiger partial charge in [-0.15, -0.1) is 0 Å². The van der Waals surface area contributed by atoms with Crippen molar-refractivity contribution in [1.29, 1.82) is 0 Å². The highest BCUT2D eigenvalue weighted by molar-refractivity contribution is 6.26. The van der Waals surface area contributed by atoms with Crippen molar-refractivity contribution in [3.05, 3.63) is 175 Å². The molecule has 0 aliphatic heterocycles. The third-order valence-corrected chi connectivity index (χ3v) is 13.6. The molecule has 2 aliphatic rings. The van der Waals surface area contributed by atoms with Crippen LogP contribution in [0.4, 0.5) is 17.1 Å². The normalized spacial score (nSPS) is 15.6. The molecule has 0 bridgehead atoms. The Morgan fingerprint density at radius 1 is 0.333 bits per heavy atom. The summed E-state index contributed by atoms with van der Waals surface area (Å²) in [6, 6.07) is 62.6. The van der Waals surface area contributed by atoms with Crippen molar-refractivity contribution in [2.75, 3.05) is 4.90 Å². The Labute approximate surface area is 336 Å². The van der Waals surface area contributed by atoms with Gasteiger partial charge in [-0.2, -0.15) is 0 Å². The lowest BCUT2D eigenvalue weighted by Gasteiger charge is -2.31. The van der Waals surface area contributed by atoms with Gasteiger partial charge in [-0.25, -0.2) is 0 Å². The predicted molar refractivity (Wildman–Crippen MR) is 246 cm³/mol. The van der Waals surface area contributed by atoms with Crippen molar-refractivity contribution in [2.24, 2.45) is 0 Å². The minimum atomic E-state index is 0.675. The summed E-state index contributed by atoms with van der Waals surface area (Å²) in [5.74, 6) is 1.35. The average Bonchev–Trinajstić information content (AvgIpc) is 3.29. The smallest absolute Gasteiger partial charge is 0.0618 e. The van der Waals surface area contributed by atoms with Gasteiger partial charge in [0.15, 0.2) is 0 Å². The van der Waals surface area contributed by atoms with Crippen LogP contribution in [-0.2, 0) is 0 Å². The van der Waals surface area contributed by atoms with Crippen molar-refractivity contribution < 1.29 is 0 Å². The van der Waals surface area contributed by atoms with E-state index in [2.05, 4.69) is 169 Å². The molecule has 0 aromatic heterocycles. The summed E-state index contributed by atoms with van der Waals surface area (Å²) in [4.78, 5) is 2.56. The Balaban J connectivity index is 1.14. The first-order valence-corrected chi connectivity index (χ1v) is 21.6. The van der Waals surface area contributed by atoms with E-state index in [0.717, 1.165) is 0 Å². The van der Waals surface area contributed by atoms with Gasteiger partial charge in [0.2, 0.25) is 0 Å². The lowest BCUT2D eigenvalue weighted by Crippen LogP contribution is -2.12. The fraction of sp³-hybridized carbons (Fsp3) is 0.214. The van der Waals surface area contributed by atoms with Gasteiger partial charge in [0.05, 0.1) is 5.69 Å². The molecule has 0 spiro atoms. The average molecular weight is 736 g/mol. The fourth-order valence-corrected chi connectivity index (χ4v) is 10.7. The summed E-state index contributed by atoms with van der Waals surface area (Å²) in [7, 11) is 0. The van der Waals surface area contributed by atoms with E-state index >= 15 is 0 Å². The van der Waals surface area contributed by atoms with E-state index in [0.29, 0.717) is 11.8 Å². The SMILES string of the molecule is c1ccc2cc3c(ccc4c(-c5c6ccccc6c(N(c6ccc(C7CCCCC7)cc6)c6ccc(C7CCCCC7)cc6)c6ccccc56)cccc43)cc2c1. The summed E-state index contributed by atoms with van der Waals surface area (Å²) in [6.07, 6.45) is 13.4. The van der Waals surface area contributed by atoms with Gasteiger partial charge >= 0.3 is 0 Å². The van der Waals surface area contributed by atoms with Crippen molar-refractivity contribution >= 4 is 70.9 Å². The van der Waals surface area contributed by atoms with Gasteiger partial charge in [0, 0.05) is 22.1 Å². The van der Waals surface area contributed by atoms with Crippen molar-refractivity contribution in [3.8, 4) is 11.1 Å². The maximum atomic E-state index is 2.56. The summed E-state index contributed by atoms with van der Waals surface area (Å²) < 4.78 is 0. The van der Waals surface area contributed by atoms with E-state index in [-0.39, 0.29) is 0 Å². The van der Waals surface area contributed by atoms with Gasteiger partial charge in [-0.3, -0.25) is 0 Å². The van der Waals surface area contributed by atoms with Crippen LogP contribution < -0.4 is 4.90 Å². The maximum absolute atomic E-state index is 2.56. The van der Waals surface area contributed by atoms with Crippen LogP contribution in [0.1, 0.15) is 87.2 Å². The van der Waals surface area contributed by atoms with Crippen LogP contribution in [0.15, 0.2) is 164 Å². The Hall–Kier alpha value is -5.92. The molecule has 1 nitrogen and oxygen atoms in total. The number of hydrogen-bond donors (Lipinski definition) is 0. The molecular formula is C56H49N. The predicted octanol–water partition coefficient (Wildman–Crippen LogP) is 16.7. The molecule has 278 valence electrons. The summed E-state index contributed by atoms with van der Waals surface area (Å²) in [5, 5.41) is 12.8. The molecule has 11 rings (SSSR count). The number of anilines is 3. The first kappa shape index (κ1) is 34.3. The topological polar surface area (TPSA) is 3.24 Å². The molecule has 1 heteroatoms. The molecule has 0 radical (unpaired) electrons. The van der Waals surface area contributed by atoms with Crippen LogP contribution in [0.2, 0.25) is 0 Å². The van der Waals surface area contributed by atoms with Gasteiger partial charge in [-0.05, 0) is 139 Å². The summed E-state index contributed by atoms with van der Waals surface area (Å²) in [5.41, 5.74) is 9.24. The third-order valence-electron chi connectivity index (χ3n) is 13.6. The highest BCUT2D eigenvalue weighted by atomic mass is 15.1. The molecule has 57 heavy (non-hydrogen) atoms. The second kappa shape index (κ2) is 14.5. The lowest BCUT2D eigenvalue weighted by molar-refractivity contribution is 0.443. The van der Waals surface area contributed by atoms with E-state index in [1.165, 1.54) is 157 Å². The zero-order valence-corrected chi connectivity index (χ0v) is 32.8. The molecule has 2 saturated carbocycles. The Morgan fingerprint density at radius 2 is 0.825 bits per heavy atom. The van der Waals surface area contributed by atoms with Crippen LogP contribution in [0.3, 0.4) is 0 Å². The Morgan fingerprint density at radius 3 is 1.39 bits per heavy atom. The summed E-state index contributed by atoms with van der Waals surface area (Å²) in [6.45, 7) is 0. The van der Waals surface area contributed by atoms with Gasteiger partial charge < -0.3 is 4.90 Å². The fourth-order valence-electron chi connectivity index (χ4n) is 10.7. The zero-order chi connectivity index (χ0) is 37.7. The monoisotopic (exact) mass is 735 g/mol. The minimum absolute atomic E-state index is 0.675.